The topological polar surface area (TPSA) is 50.3 Å². The highest BCUT2D eigenvalue weighted by molar-refractivity contribution is 9.10. The summed E-state index contributed by atoms with van der Waals surface area (Å²) in [6.07, 6.45) is 0. The van der Waals surface area contributed by atoms with Crippen molar-refractivity contribution in [3.63, 3.8) is 0 Å². The summed E-state index contributed by atoms with van der Waals surface area (Å²) in [5.74, 6) is 0. The Morgan fingerprint density at radius 2 is 0.537 bits per heavy atom. The molecule has 0 aliphatic heterocycles. The van der Waals surface area contributed by atoms with Gasteiger partial charge in [0.05, 0.1) is 22.1 Å². The van der Waals surface area contributed by atoms with E-state index in [2.05, 4.69) is 256 Å². The van der Waals surface area contributed by atoms with Crippen LogP contribution in [0.5, 0.6) is 0 Å². The summed E-state index contributed by atoms with van der Waals surface area (Å²) < 4.78 is 5.82. The monoisotopic (exact) mass is 1110 g/mol. The fraction of sp³-hybridized carbons (Fsp3) is 0. The number of aromatic nitrogens is 2. The maximum Gasteiger partial charge on any atom is 0.489 e. The Bertz CT molecular complexity index is 4910. The third-order valence-electron chi connectivity index (χ3n) is 15.9. The maximum atomic E-state index is 9.94. The van der Waals surface area contributed by atoms with Crippen LogP contribution < -0.4 is 5.46 Å². The van der Waals surface area contributed by atoms with E-state index in [0.717, 1.165) is 37.1 Å². The van der Waals surface area contributed by atoms with Crippen LogP contribution in [0.2, 0.25) is 0 Å². The standard InChI is InChI=1S/C38H25N.C20H15BO2.C18H12BrN/c1-3-13-26(14-4-1)37-31-18-7-9-20-33(31)38(34-21-10-8-19-32(34)37)27-23-24-30-29-17-11-12-22-35(29)39(36(30)25-27)28-15-5-2-6-16-28;22-21(23)20-17-12-6-4-10-15(17)19(14-8-2-1-3-9-14)16-11-5-7-13-18(16)20;19-13-10-11-16-15-8-4-5-9-17(15)20(18(16)12-13)14-6-2-1-3-7-14/h1-25H;1-13,22-23H;1-12H. The predicted octanol–water partition coefficient (Wildman–Crippen LogP) is 19.3. The van der Waals surface area contributed by atoms with Gasteiger partial charge in [-0.15, -0.1) is 0 Å². The van der Waals surface area contributed by atoms with Crippen molar-refractivity contribution < 1.29 is 10.0 Å². The molecular formula is C76H52BBrN2O2. The molecule has 2 N–H and O–H groups in total. The summed E-state index contributed by atoms with van der Waals surface area (Å²) in [6.45, 7) is 0. The zero-order valence-corrected chi connectivity index (χ0v) is 46.2. The lowest BCUT2D eigenvalue weighted by molar-refractivity contribution is 0.426. The third-order valence-corrected chi connectivity index (χ3v) is 16.4. The van der Waals surface area contributed by atoms with Crippen molar-refractivity contribution in [1.82, 2.24) is 9.13 Å². The summed E-state index contributed by atoms with van der Waals surface area (Å²) in [4.78, 5) is 0. The zero-order valence-electron chi connectivity index (χ0n) is 44.6. The molecule has 2 heterocycles. The van der Waals surface area contributed by atoms with Gasteiger partial charge in [0, 0.05) is 37.4 Å². The number of hydrogen-bond acceptors (Lipinski definition) is 2. The van der Waals surface area contributed by atoms with Crippen molar-refractivity contribution in [3.8, 4) is 44.8 Å². The summed E-state index contributed by atoms with van der Waals surface area (Å²) in [6, 6.07) is 106. The molecule has 0 saturated carbocycles. The smallest absolute Gasteiger partial charge is 0.423 e. The molecule has 16 rings (SSSR count). The molecular weight excluding hydrogens is 1060 g/mol. The first-order chi connectivity index (χ1) is 40.5. The van der Waals surface area contributed by atoms with Crippen LogP contribution in [-0.4, -0.2) is 26.3 Å². The molecule has 0 bridgehead atoms. The van der Waals surface area contributed by atoms with Gasteiger partial charge in [0.2, 0.25) is 0 Å². The molecule has 0 spiro atoms. The quantitative estimate of drug-likeness (QED) is 0.129. The molecule has 388 valence electrons. The molecule has 0 aliphatic rings. The Balaban J connectivity index is 0.000000119. The lowest BCUT2D eigenvalue weighted by Crippen LogP contribution is -2.31. The molecule has 2 aromatic heterocycles. The van der Waals surface area contributed by atoms with E-state index in [-0.39, 0.29) is 0 Å². The zero-order chi connectivity index (χ0) is 55.1. The van der Waals surface area contributed by atoms with E-state index in [1.54, 1.807) is 0 Å². The molecule has 82 heavy (non-hydrogen) atoms. The Hall–Kier alpha value is -9.82. The second-order valence-electron chi connectivity index (χ2n) is 20.6. The van der Waals surface area contributed by atoms with Crippen LogP contribution in [0, 0.1) is 0 Å². The van der Waals surface area contributed by atoms with E-state index in [0.29, 0.717) is 5.46 Å². The Morgan fingerprint density at radius 1 is 0.244 bits per heavy atom. The van der Waals surface area contributed by atoms with Crippen molar-refractivity contribution in [2.45, 2.75) is 0 Å². The van der Waals surface area contributed by atoms with Gasteiger partial charge in [0.15, 0.2) is 0 Å². The molecule has 0 unspecified atom stereocenters. The van der Waals surface area contributed by atoms with E-state index in [4.69, 9.17) is 0 Å². The minimum atomic E-state index is -1.50. The van der Waals surface area contributed by atoms with Crippen LogP contribution in [0.3, 0.4) is 0 Å². The van der Waals surface area contributed by atoms with Crippen molar-refractivity contribution in [2.24, 2.45) is 0 Å². The fourth-order valence-corrected chi connectivity index (χ4v) is 12.8. The highest BCUT2D eigenvalue weighted by Gasteiger charge is 2.23. The van der Waals surface area contributed by atoms with Crippen molar-refractivity contribution >= 4 is 115 Å². The van der Waals surface area contributed by atoms with Gasteiger partial charge in [-0.1, -0.05) is 265 Å². The van der Waals surface area contributed by atoms with E-state index in [9.17, 15) is 10.0 Å². The largest absolute Gasteiger partial charge is 0.489 e. The minimum Gasteiger partial charge on any atom is -0.423 e. The highest BCUT2D eigenvalue weighted by Crippen LogP contribution is 2.45. The van der Waals surface area contributed by atoms with Gasteiger partial charge in [-0.3, -0.25) is 0 Å². The fourth-order valence-electron chi connectivity index (χ4n) is 12.5. The van der Waals surface area contributed by atoms with Gasteiger partial charge in [-0.2, -0.15) is 0 Å². The van der Waals surface area contributed by atoms with Crippen LogP contribution in [0.4, 0.5) is 0 Å². The number of halogens is 1. The number of nitrogens with zero attached hydrogens (tertiary/aromatic N) is 2. The third kappa shape index (κ3) is 8.91. The molecule has 0 fully saturated rings. The van der Waals surface area contributed by atoms with E-state index < -0.39 is 7.12 Å². The molecule has 16 aromatic rings. The summed E-state index contributed by atoms with van der Waals surface area (Å²) >= 11 is 3.58. The maximum absolute atomic E-state index is 9.94. The Labute approximate surface area is 483 Å². The van der Waals surface area contributed by atoms with Crippen molar-refractivity contribution in [1.29, 1.82) is 0 Å². The van der Waals surface area contributed by atoms with Gasteiger partial charge in [0.25, 0.3) is 0 Å². The normalized spacial score (nSPS) is 11.4. The average Bonchev–Trinajstić information content (AvgIpc) is 4.07. The average molecular weight is 1120 g/mol. The first-order valence-electron chi connectivity index (χ1n) is 27.7. The first-order valence-corrected chi connectivity index (χ1v) is 28.5. The van der Waals surface area contributed by atoms with Crippen LogP contribution >= 0.6 is 15.9 Å². The lowest BCUT2D eigenvalue weighted by atomic mass is 9.72. The number of benzene rings is 14. The van der Waals surface area contributed by atoms with Crippen LogP contribution in [-0.2, 0) is 0 Å². The number of fused-ring (bicyclic) bond motifs is 10. The highest BCUT2D eigenvalue weighted by atomic mass is 79.9. The Kier molecular flexibility index (Phi) is 13.3. The Morgan fingerprint density at radius 3 is 0.939 bits per heavy atom. The minimum absolute atomic E-state index is 0.566. The predicted molar refractivity (Wildman–Crippen MR) is 352 cm³/mol. The van der Waals surface area contributed by atoms with Gasteiger partial charge < -0.3 is 19.2 Å². The van der Waals surface area contributed by atoms with E-state index in [1.807, 2.05) is 72.8 Å². The molecule has 4 nitrogen and oxygen atoms in total. The SMILES string of the molecule is Brc1ccc2c3ccccc3n(-c3ccccc3)c2c1.OB(O)c1c2ccccc2c(-c2ccccc2)c2ccccc12.c1ccc(-c2c3ccccc3c(-c3ccc4c5ccccc5n(-c5ccccc5)c4c3)c3ccccc23)cc1. The van der Waals surface area contributed by atoms with Gasteiger partial charge in [-0.05, 0) is 137 Å². The van der Waals surface area contributed by atoms with Crippen molar-refractivity contribution in [3.05, 3.63) is 308 Å². The van der Waals surface area contributed by atoms with Crippen LogP contribution in [0.1, 0.15) is 0 Å². The van der Waals surface area contributed by atoms with Crippen molar-refractivity contribution in [2.75, 3.05) is 0 Å². The van der Waals surface area contributed by atoms with Crippen LogP contribution in [0.15, 0.2) is 308 Å². The number of rotatable bonds is 6. The summed E-state index contributed by atoms with van der Waals surface area (Å²) in [5, 5.41) is 33.9. The summed E-state index contributed by atoms with van der Waals surface area (Å²) in [5.41, 5.74) is 15.2. The van der Waals surface area contributed by atoms with Gasteiger partial charge in [-0.25, -0.2) is 0 Å². The second kappa shape index (κ2) is 21.7. The van der Waals surface area contributed by atoms with Gasteiger partial charge >= 0.3 is 7.12 Å². The van der Waals surface area contributed by atoms with E-state index in [1.165, 1.54) is 98.8 Å². The molecule has 14 aromatic carbocycles. The molecule has 0 aliphatic carbocycles. The van der Waals surface area contributed by atoms with Crippen LogP contribution in [0.25, 0.3) is 131 Å². The van der Waals surface area contributed by atoms with E-state index >= 15 is 0 Å². The second-order valence-corrected chi connectivity index (χ2v) is 21.5. The van der Waals surface area contributed by atoms with Gasteiger partial charge in [0.1, 0.15) is 0 Å². The molecule has 0 radical (unpaired) electrons. The lowest BCUT2D eigenvalue weighted by Gasteiger charge is -2.18. The number of hydrogen-bond donors (Lipinski definition) is 2. The molecule has 6 heteroatoms. The molecule has 0 saturated heterocycles. The number of para-hydroxylation sites is 4. The molecule has 0 amide bonds. The molecule has 0 atom stereocenters. The first kappa shape index (κ1) is 50.4. The summed E-state index contributed by atoms with van der Waals surface area (Å²) in [7, 11) is -1.50.